The first-order chi connectivity index (χ1) is 20.2. The molecule has 4 aromatic rings. The van der Waals surface area contributed by atoms with Gasteiger partial charge >= 0.3 is 12.1 Å². The van der Waals surface area contributed by atoms with Crippen LogP contribution >= 0.6 is 0 Å². The maximum atomic E-state index is 13.3. The predicted octanol–water partition coefficient (Wildman–Crippen LogP) is 6.58. The van der Waals surface area contributed by atoms with Crippen molar-refractivity contribution in [3.05, 3.63) is 77.1 Å². The molecule has 1 aliphatic heterocycles. The third-order valence-corrected chi connectivity index (χ3v) is 8.59. The number of anilines is 2. The number of hydrogen-bond acceptors (Lipinski definition) is 6. The minimum atomic E-state index is -4.43. The summed E-state index contributed by atoms with van der Waals surface area (Å²) in [6, 6.07) is 15.4. The summed E-state index contributed by atoms with van der Waals surface area (Å²) in [5, 5.41) is 13.2. The zero-order chi connectivity index (χ0) is 29.4. The number of imidazole rings is 1. The van der Waals surface area contributed by atoms with E-state index in [1.165, 1.54) is 17.7 Å². The van der Waals surface area contributed by atoms with Crippen LogP contribution in [0.15, 0.2) is 54.6 Å². The minimum Gasteiger partial charge on any atom is -0.475 e. The molecule has 0 amide bonds. The van der Waals surface area contributed by atoms with Gasteiger partial charge in [0.1, 0.15) is 5.52 Å². The first-order valence-corrected chi connectivity index (χ1v) is 14.4. The molecule has 0 spiro atoms. The normalized spacial score (nSPS) is 18.6. The van der Waals surface area contributed by atoms with Crippen LogP contribution < -0.4 is 10.2 Å². The van der Waals surface area contributed by atoms with Crippen LogP contribution in [0.25, 0.3) is 11.2 Å². The minimum absolute atomic E-state index is 0.0498. The van der Waals surface area contributed by atoms with E-state index in [9.17, 15) is 23.1 Å². The molecule has 3 heterocycles. The van der Waals surface area contributed by atoms with E-state index in [2.05, 4.69) is 39.2 Å². The number of benzene rings is 2. The largest absolute Gasteiger partial charge is 0.475 e. The van der Waals surface area contributed by atoms with E-state index in [0.717, 1.165) is 50.8 Å². The van der Waals surface area contributed by atoms with E-state index < -0.39 is 17.7 Å². The SMILES string of the molecule is C[C@@H](Nc1nc(C(=O)O)nc2nc(N3CCCC(c4ccccc4)C3)n(Cc3ccc(C(F)(F)F)cc3)c12)C1CCC1. The number of aromatic nitrogens is 4. The van der Waals surface area contributed by atoms with Crippen molar-refractivity contribution in [1.82, 2.24) is 19.5 Å². The van der Waals surface area contributed by atoms with Crippen LogP contribution in [0.3, 0.4) is 0 Å². The fourth-order valence-corrected chi connectivity index (χ4v) is 6.02. The third kappa shape index (κ3) is 5.64. The number of carboxylic acids is 1. The fraction of sp³-hybridized carbons (Fsp3) is 0.419. The average Bonchev–Trinajstić information content (AvgIpc) is 3.31. The van der Waals surface area contributed by atoms with Crippen LogP contribution in [0, 0.1) is 5.92 Å². The van der Waals surface area contributed by atoms with Crippen molar-refractivity contribution in [2.45, 2.75) is 63.7 Å². The highest BCUT2D eigenvalue weighted by Crippen LogP contribution is 2.36. The van der Waals surface area contributed by atoms with Gasteiger partial charge in [-0.05, 0) is 61.8 Å². The van der Waals surface area contributed by atoms with Crippen LogP contribution in [0.1, 0.15) is 72.3 Å². The maximum Gasteiger partial charge on any atom is 0.416 e. The molecule has 8 nitrogen and oxygen atoms in total. The number of alkyl halides is 3. The van der Waals surface area contributed by atoms with Crippen LogP contribution in [-0.2, 0) is 12.7 Å². The van der Waals surface area contributed by atoms with Crippen molar-refractivity contribution in [1.29, 1.82) is 0 Å². The van der Waals surface area contributed by atoms with Gasteiger partial charge in [0.25, 0.3) is 0 Å². The van der Waals surface area contributed by atoms with Gasteiger partial charge in [0.2, 0.25) is 11.8 Å². The highest BCUT2D eigenvalue weighted by molar-refractivity contribution is 5.91. The second-order valence-electron chi connectivity index (χ2n) is 11.4. The van der Waals surface area contributed by atoms with Crippen LogP contribution in [0.4, 0.5) is 24.9 Å². The number of fused-ring (bicyclic) bond motifs is 1. The van der Waals surface area contributed by atoms with E-state index in [1.807, 2.05) is 22.8 Å². The summed E-state index contributed by atoms with van der Waals surface area (Å²) in [6.45, 7) is 3.71. The van der Waals surface area contributed by atoms with Gasteiger partial charge < -0.3 is 19.9 Å². The van der Waals surface area contributed by atoms with Gasteiger partial charge in [-0.15, -0.1) is 0 Å². The molecule has 220 valence electrons. The molecular weight excluding hydrogens is 545 g/mol. The highest BCUT2D eigenvalue weighted by Gasteiger charge is 2.32. The summed E-state index contributed by atoms with van der Waals surface area (Å²) in [5.41, 5.74) is 1.96. The Labute approximate surface area is 241 Å². The Morgan fingerprint density at radius 2 is 1.76 bits per heavy atom. The van der Waals surface area contributed by atoms with Gasteiger partial charge in [-0.2, -0.15) is 18.2 Å². The number of halogens is 3. The lowest BCUT2D eigenvalue weighted by Gasteiger charge is -2.34. The second-order valence-corrected chi connectivity index (χ2v) is 11.4. The lowest BCUT2D eigenvalue weighted by molar-refractivity contribution is -0.137. The first-order valence-electron chi connectivity index (χ1n) is 14.4. The summed E-state index contributed by atoms with van der Waals surface area (Å²) in [4.78, 5) is 27.7. The van der Waals surface area contributed by atoms with Crippen molar-refractivity contribution in [3.63, 3.8) is 0 Å². The molecular formula is C31H33F3N6O2. The van der Waals surface area contributed by atoms with E-state index in [-0.39, 0.29) is 30.0 Å². The number of nitrogens with one attached hydrogen (secondary N) is 1. The lowest BCUT2D eigenvalue weighted by atomic mass is 9.80. The fourth-order valence-electron chi connectivity index (χ4n) is 6.02. The van der Waals surface area contributed by atoms with Gasteiger partial charge in [0.05, 0.1) is 12.1 Å². The Balaban J connectivity index is 1.45. The topological polar surface area (TPSA) is 96.2 Å². The summed E-state index contributed by atoms with van der Waals surface area (Å²) in [6.07, 6.45) is 0.844. The van der Waals surface area contributed by atoms with Crippen molar-refractivity contribution in [3.8, 4) is 0 Å². The second kappa shape index (κ2) is 11.3. The van der Waals surface area contributed by atoms with Crippen LogP contribution in [0.5, 0.6) is 0 Å². The Bertz CT molecular complexity index is 1570. The molecule has 1 unspecified atom stereocenters. The number of aromatic carboxylic acids is 1. The Kier molecular flexibility index (Phi) is 7.51. The molecule has 1 saturated carbocycles. The molecule has 6 rings (SSSR count). The molecule has 42 heavy (non-hydrogen) atoms. The Morgan fingerprint density at radius 1 is 1.02 bits per heavy atom. The molecule has 1 saturated heterocycles. The molecule has 11 heteroatoms. The number of hydrogen-bond donors (Lipinski definition) is 2. The molecule has 2 aromatic heterocycles. The summed E-state index contributed by atoms with van der Waals surface area (Å²) in [7, 11) is 0. The number of rotatable bonds is 8. The Morgan fingerprint density at radius 3 is 2.40 bits per heavy atom. The van der Waals surface area contributed by atoms with Crippen molar-refractivity contribution >= 4 is 28.9 Å². The van der Waals surface area contributed by atoms with Gasteiger partial charge in [-0.25, -0.2) is 14.8 Å². The summed E-state index contributed by atoms with van der Waals surface area (Å²) >= 11 is 0. The van der Waals surface area contributed by atoms with Crippen molar-refractivity contribution < 1.29 is 23.1 Å². The molecule has 1 aliphatic carbocycles. The third-order valence-electron chi connectivity index (χ3n) is 8.59. The molecule has 2 N–H and O–H groups in total. The number of carbonyl (C=O) groups is 1. The van der Waals surface area contributed by atoms with Crippen molar-refractivity contribution in [2.24, 2.45) is 5.92 Å². The van der Waals surface area contributed by atoms with Crippen LogP contribution in [0.2, 0.25) is 0 Å². The van der Waals surface area contributed by atoms with Gasteiger partial charge in [0, 0.05) is 25.0 Å². The van der Waals surface area contributed by atoms with E-state index >= 15 is 0 Å². The average molecular weight is 579 g/mol. The van der Waals surface area contributed by atoms with Gasteiger partial charge in [-0.1, -0.05) is 48.9 Å². The highest BCUT2D eigenvalue weighted by atomic mass is 19.4. The summed E-state index contributed by atoms with van der Waals surface area (Å²) in [5.74, 6) is 0.0919. The van der Waals surface area contributed by atoms with Crippen molar-refractivity contribution in [2.75, 3.05) is 23.3 Å². The lowest BCUT2D eigenvalue weighted by Crippen LogP contribution is -2.36. The maximum absolute atomic E-state index is 13.3. The van der Waals surface area contributed by atoms with E-state index in [4.69, 9.17) is 4.98 Å². The zero-order valence-corrected chi connectivity index (χ0v) is 23.3. The van der Waals surface area contributed by atoms with E-state index in [1.54, 1.807) is 0 Å². The van der Waals surface area contributed by atoms with Crippen LogP contribution in [-0.4, -0.2) is 49.7 Å². The standard InChI is InChI=1S/C31H33F3N6O2/c1-19(21-9-5-10-21)35-26-25-27(37-28(36-26)29(41)42)38-30(39-16-6-11-23(18-39)22-7-3-2-4-8-22)40(25)17-20-12-14-24(15-13-20)31(32,33)34/h2-4,7-8,12-15,19,21,23H,5-6,9-11,16-18H2,1H3,(H,41,42)(H,35,36,37)/t19-,23?/m1/s1. The molecule has 2 atom stereocenters. The van der Waals surface area contributed by atoms with Gasteiger partial charge in [-0.3, -0.25) is 0 Å². The molecule has 2 aliphatic rings. The molecule has 2 fully saturated rings. The number of carboxylic acid groups (broad SMARTS) is 1. The monoisotopic (exact) mass is 578 g/mol. The Hall–Kier alpha value is -4.15. The van der Waals surface area contributed by atoms with Gasteiger partial charge in [0.15, 0.2) is 11.5 Å². The zero-order valence-electron chi connectivity index (χ0n) is 23.3. The summed E-state index contributed by atoms with van der Waals surface area (Å²) < 4.78 is 41.7. The number of piperidine rings is 1. The molecule has 0 radical (unpaired) electrons. The number of nitrogens with zero attached hydrogens (tertiary/aromatic N) is 5. The molecule has 0 bridgehead atoms. The molecule has 2 aromatic carbocycles. The van der Waals surface area contributed by atoms with E-state index in [0.29, 0.717) is 35.3 Å². The quantitative estimate of drug-likeness (QED) is 0.244. The smallest absolute Gasteiger partial charge is 0.416 e. The first kappa shape index (κ1) is 28.0. The predicted molar refractivity (Wildman–Crippen MR) is 154 cm³/mol.